The summed E-state index contributed by atoms with van der Waals surface area (Å²) in [7, 11) is 0. The summed E-state index contributed by atoms with van der Waals surface area (Å²) < 4.78 is 13.1. The molecule has 1 atom stereocenters. The van der Waals surface area contributed by atoms with Crippen LogP contribution in [-0.2, 0) is 17.9 Å². The van der Waals surface area contributed by atoms with Crippen molar-refractivity contribution in [1.82, 2.24) is 10.6 Å². The van der Waals surface area contributed by atoms with E-state index in [9.17, 15) is 9.18 Å². The first kappa shape index (κ1) is 15.5. The van der Waals surface area contributed by atoms with Crippen LogP contribution >= 0.6 is 0 Å². The number of benzene rings is 2. The van der Waals surface area contributed by atoms with E-state index in [2.05, 4.69) is 16.0 Å². The van der Waals surface area contributed by atoms with E-state index < -0.39 is 0 Å². The number of anilines is 1. The predicted octanol–water partition coefficient (Wildman–Crippen LogP) is 2.42. The van der Waals surface area contributed by atoms with Crippen LogP contribution in [0.2, 0.25) is 0 Å². The molecular formula is C18H20FN3O. The largest absolute Gasteiger partial charge is 0.381 e. The molecule has 0 radical (unpaired) electrons. The first-order valence-electron chi connectivity index (χ1n) is 7.79. The summed E-state index contributed by atoms with van der Waals surface area (Å²) in [5.41, 5.74) is 3.01. The van der Waals surface area contributed by atoms with Gasteiger partial charge in [0.1, 0.15) is 5.82 Å². The molecule has 120 valence electrons. The number of amides is 1. The molecule has 23 heavy (non-hydrogen) atoms. The summed E-state index contributed by atoms with van der Waals surface area (Å²) in [4.78, 5) is 11.5. The Kier molecular flexibility index (Phi) is 4.88. The maximum absolute atomic E-state index is 13.1. The number of rotatable bonds is 6. The lowest BCUT2D eigenvalue weighted by Crippen LogP contribution is -2.35. The van der Waals surface area contributed by atoms with Crippen molar-refractivity contribution >= 4 is 11.6 Å². The molecular weight excluding hydrogens is 293 g/mol. The molecule has 1 amide bonds. The number of halogens is 1. The van der Waals surface area contributed by atoms with Crippen LogP contribution in [0, 0.1) is 5.82 Å². The molecule has 1 saturated heterocycles. The number of hydrogen-bond acceptors (Lipinski definition) is 3. The molecule has 0 bridgehead atoms. The van der Waals surface area contributed by atoms with Crippen molar-refractivity contribution in [2.45, 2.75) is 25.6 Å². The maximum Gasteiger partial charge on any atom is 0.237 e. The molecule has 0 spiro atoms. The zero-order valence-electron chi connectivity index (χ0n) is 12.8. The Balaban J connectivity index is 1.49. The fourth-order valence-electron chi connectivity index (χ4n) is 2.62. The lowest BCUT2D eigenvalue weighted by molar-refractivity contribution is -0.120. The van der Waals surface area contributed by atoms with Crippen LogP contribution in [0.25, 0.3) is 0 Å². The molecule has 0 aliphatic carbocycles. The van der Waals surface area contributed by atoms with Crippen LogP contribution in [-0.4, -0.2) is 18.5 Å². The Morgan fingerprint density at radius 2 is 1.91 bits per heavy atom. The van der Waals surface area contributed by atoms with Gasteiger partial charge in [0.15, 0.2) is 0 Å². The maximum atomic E-state index is 13.1. The highest BCUT2D eigenvalue weighted by molar-refractivity contribution is 5.83. The number of hydrogen-bond donors (Lipinski definition) is 3. The Bertz CT molecular complexity index is 672. The molecule has 2 aromatic carbocycles. The summed E-state index contributed by atoms with van der Waals surface area (Å²) >= 11 is 0. The van der Waals surface area contributed by atoms with Gasteiger partial charge in [-0.25, -0.2) is 4.39 Å². The van der Waals surface area contributed by atoms with Crippen LogP contribution in [0.1, 0.15) is 17.5 Å². The van der Waals surface area contributed by atoms with E-state index >= 15 is 0 Å². The van der Waals surface area contributed by atoms with Gasteiger partial charge in [0.2, 0.25) is 5.91 Å². The van der Waals surface area contributed by atoms with Crippen LogP contribution in [0.3, 0.4) is 0 Å². The third-order valence-corrected chi connectivity index (χ3v) is 3.94. The molecule has 1 fully saturated rings. The molecule has 1 heterocycles. The predicted molar refractivity (Wildman–Crippen MR) is 88.4 cm³/mol. The van der Waals surface area contributed by atoms with Gasteiger partial charge in [0.25, 0.3) is 0 Å². The van der Waals surface area contributed by atoms with Gasteiger partial charge < -0.3 is 16.0 Å². The molecule has 0 saturated carbocycles. The van der Waals surface area contributed by atoms with Crippen molar-refractivity contribution in [3.05, 3.63) is 65.5 Å². The topological polar surface area (TPSA) is 53.2 Å². The van der Waals surface area contributed by atoms with Gasteiger partial charge in [-0.3, -0.25) is 4.79 Å². The van der Waals surface area contributed by atoms with Crippen LogP contribution < -0.4 is 16.0 Å². The highest BCUT2D eigenvalue weighted by atomic mass is 19.1. The minimum Gasteiger partial charge on any atom is -0.381 e. The third kappa shape index (κ3) is 4.29. The van der Waals surface area contributed by atoms with Gasteiger partial charge in [-0.15, -0.1) is 0 Å². The van der Waals surface area contributed by atoms with Crippen molar-refractivity contribution in [2.75, 3.05) is 11.9 Å². The van der Waals surface area contributed by atoms with Gasteiger partial charge in [0, 0.05) is 25.3 Å². The van der Waals surface area contributed by atoms with Gasteiger partial charge >= 0.3 is 0 Å². The second kappa shape index (κ2) is 7.24. The molecule has 2 aromatic rings. The molecule has 0 unspecified atom stereocenters. The highest BCUT2D eigenvalue weighted by Gasteiger charge is 2.22. The Morgan fingerprint density at radius 1 is 1.09 bits per heavy atom. The highest BCUT2D eigenvalue weighted by Crippen LogP contribution is 2.12. The Morgan fingerprint density at radius 3 is 2.61 bits per heavy atom. The lowest BCUT2D eigenvalue weighted by Gasteiger charge is -2.11. The van der Waals surface area contributed by atoms with Gasteiger partial charge in [0.05, 0.1) is 6.04 Å². The first-order chi connectivity index (χ1) is 11.2. The van der Waals surface area contributed by atoms with Crippen LogP contribution in [0.4, 0.5) is 10.1 Å². The van der Waals surface area contributed by atoms with Crippen molar-refractivity contribution < 1.29 is 9.18 Å². The average molecular weight is 313 g/mol. The normalized spacial score (nSPS) is 17.1. The fraction of sp³-hybridized carbons (Fsp3) is 0.278. The first-order valence-corrected chi connectivity index (χ1v) is 7.79. The van der Waals surface area contributed by atoms with E-state index in [1.54, 1.807) is 6.07 Å². The molecule has 3 rings (SSSR count). The van der Waals surface area contributed by atoms with Crippen molar-refractivity contribution in [2.24, 2.45) is 0 Å². The summed E-state index contributed by atoms with van der Waals surface area (Å²) in [6.07, 6.45) is 0.839. The quantitative estimate of drug-likeness (QED) is 0.768. The van der Waals surface area contributed by atoms with E-state index in [4.69, 9.17) is 0 Å². The molecule has 3 N–H and O–H groups in total. The van der Waals surface area contributed by atoms with Crippen LogP contribution in [0.15, 0.2) is 48.5 Å². The molecule has 0 aromatic heterocycles. The number of carbonyl (C=O) groups is 1. The zero-order chi connectivity index (χ0) is 16.1. The summed E-state index contributed by atoms with van der Waals surface area (Å²) in [6.45, 7) is 2.00. The second-order valence-corrected chi connectivity index (χ2v) is 5.69. The van der Waals surface area contributed by atoms with E-state index in [0.29, 0.717) is 13.1 Å². The molecule has 4 nitrogen and oxygen atoms in total. The smallest absolute Gasteiger partial charge is 0.237 e. The van der Waals surface area contributed by atoms with E-state index in [-0.39, 0.29) is 17.8 Å². The fourth-order valence-corrected chi connectivity index (χ4v) is 2.62. The summed E-state index contributed by atoms with van der Waals surface area (Å²) in [6, 6.07) is 14.5. The summed E-state index contributed by atoms with van der Waals surface area (Å²) in [5.74, 6) is -0.139. The van der Waals surface area contributed by atoms with Crippen molar-refractivity contribution in [1.29, 1.82) is 0 Å². The van der Waals surface area contributed by atoms with E-state index in [0.717, 1.165) is 29.8 Å². The third-order valence-electron chi connectivity index (χ3n) is 3.94. The number of carbonyl (C=O) groups excluding carboxylic acids is 1. The lowest BCUT2D eigenvalue weighted by atomic mass is 10.1. The molecule has 1 aliphatic rings. The van der Waals surface area contributed by atoms with Gasteiger partial charge in [-0.1, -0.05) is 24.3 Å². The van der Waals surface area contributed by atoms with Crippen molar-refractivity contribution in [3.8, 4) is 0 Å². The van der Waals surface area contributed by atoms with Gasteiger partial charge in [-0.2, -0.15) is 0 Å². The minimum atomic E-state index is -0.221. The standard InChI is InChI=1S/C18H20FN3O/c19-15-3-1-2-14(10-15)12-21-16-6-4-13(5-7-16)11-22-17-8-9-20-18(17)23/h1-7,10,17,21-22H,8-9,11-12H2,(H,20,23)/t17-/m0/s1. The van der Waals surface area contributed by atoms with E-state index in [1.807, 2.05) is 30.3 Å². The Labute approximate surface area is 135 Å². The van der Waals surface area contributed by atoms with Gasteiger partial charge in [-0.05, 0) is 41.8 Å². The van der Waals surface area contributed by atoms with Crippen LogP contribution in [0.5, 0.6) is 0 Å². The second-order valence-electron chi connectivity index (χ2n) is 5.69. The molecule has 1 aliphatic heterocycles. The number of nitrogens with one attached hydrogen (secondary N) is 3. The monoisotopic (exact) mass is 313 g/mol. The average Bonchev–Trinajstić information content (AvgIpc) is 2.97. The summed E-state index contributed by atoms with van der Waals surface area (Å²) in [5, 5.41) is 9.34. The SMILES string of the molecule is O=C1NCC[C@@H]1NCc1ccc(NCc2cccc(F)c2)cc1. The minimum absolute atomic E-state index is 0.0818. The molecule has 5 heteroatoms. The van der Waals surface area contributed by atoms with E-state index in [1.165, 1.54) is 12.1 Å². The van der Waals surface area contributed by atoms with Crippen molar-refractivity contribution in [3.63, 3.8) is 0 Å². The Hall–Kier alpha value is -2.40. The zero-order valence-corrected chi connectivity index (χ0v) is 12.8.